The average Bonchev–Trinajstić information content (AvgIpc) is 2.62. The third-order valence-corrected chi connectivity index (χ3v) is 5.25. The molecule has 0 spiro atoms. The van der Waals surface area contributed by atoms with E-state index in [1.165, 1.54) is 0 Å². The lowest BCUT2D eigenvalue weighted by Crippen LogP contribution is -2.40. The molecule has 1 heterocycles. The summed E-state index contributed by atoms with van der Waals surface area (Å²) in [6.07, 6.45) is 0. The minimum Gasteiger partial charge on any atom is -0.487 e. The minimum absolute atomic E-state index is 0.309. The van der Waals surface area contributed by atoms with Gasteiger partial charge in [0.2, 0.25) is 0 Å². The van der Waals surface area contributed by atoms with E-state index in [9.17, 15) is 0 Å². The fourth-order valence-corrected chi connectivity index (χ4v) is 3.50. The van der Waals surface area contributed by atoms with Crippen LogP contribution in [0.2, 0.25) is 15.1 Å². The molecule has 2 aromatic carbocycles. The molecular weight excluding hydrogens is 401 g/mol. The first-order chi connectivity index (χ1) is 12.0. The summed E-state index contributed by atoms with van der Waals surface area (Å²) in [5, 5.41) is 1.67. The normalized spacial score (nSPS) is 14.4. The van der Waals surface area contributed by atoms with Crippen LogP contribution in [0.5, 0.6) is 5.75 Å². The highest BCUT2D eigenvalue weighted by molar-refractivity contribution is 7.80. The summed E-state index contributed by atoms with van der Waals surface area (Å²) in [7, 11) is 0. The Kier molecular flexibility index (Phi) is 6.42. The highest BCUT2D eigenvalue weighted by Crippen LogP contribution is 2.29. The van der Waals surface area contributed by atoms with Crippen LogP contribution in [0.4, 0.5) is 0 Å². The highest BCUT2D eigenvalue weighted by Gasteiger charge is 2.16. The molecule has 0 saturated carbocycles. The molecule has 132 valence electrons. The predicted octanol–water partition coefficient (Wildman–Crippen LogP) is 5.23. The van der Waals surface area contributed by atoms with Gasteiger partial charge in [0.05, 0.1) is 18.2 Å². The summed E-state index contributed by atoms with van der Waals surface area (Å²) in [5.74, 6) is 0.584. The molecular formula is C18H16Cl3NO2S. The number of thiocarbonyl (C=S) groups is 1. The lowest BCUT2D eigenvalue weighted by molar-refractivity contribution is 0.0693. The van der Waals surface area contributed by atoms with Gasteiger partial charge in [-0.15, -0.1) is 0 Å². The topological polar surface area (TPSA) is 21.7 Å². The maximum Gasteiger partial charge on any atom is 0.138 e. The summed E-state index contributed by atoms with van der Waals surface area (Å²) in [6.45, 7) is 3.28. The van der Waals surface area contributed by atoms with Crippen LogP contribution in [0.15, 0.2) is 36.4 Å². The molecule has 0 amide bonds. The summed E-state index contributed by atoms with van der Waals surface area (Å²) in [5.41, 5.74) is 1.74. The number of rotatable bonds is 4. The molecule has 1 saturated heterocycles. The van der Waals surface area contributed by atoms with Crippen molar-refractivity contribution in [3.8, 4) is 5.75 Å². The van der Waals surface area contributed by atoms with Crippen molar-refractivity contribution in [2.75, 3.05) is 26.3 Å². The Morgan fingerprint density at radius 3 is 2.48 bits per heavy atom. The van der Waals surface area contributed by atoms with Gasteiger partial charge >= 0.3 is 0 Å². The maximum absolute atomic E-state index is 6.36. The Hall–Kier alpha value is -1.04. The van der Waals surface area contributed by atoms with E-state index in [1.54, 1.807) is 12.1 Å². The molecule has 3 rings (SSSR count). The largest absolute Gasteiger partial charge is 0.487 e. The van der Waals surface area contributed by atoms with Gasteiger partial charge in [0.15, 0.2) is 0 Å². The first-order valence-electron chi connectivity index (χ1n) is 7.78. The molecule has 0 radical (unpaired) electrons. The summed E-state index contributed by atoms with van der Waals surface area (Å²) in [6, 6.07) is 10.9. The second-order valence-electron chi connectivity index (χ2n) is 5.57. The Morgan fingerprint density at radius 2 is 1.80 bits per heavy atom. The first-order valence-corrected chi connectivity index (χ1v) is 9.32. The molecule has 0 unspecified atom stereocenters. The van der Waals surface area contributed by atoms with Gasteiger partial charge in [0.1, 0.15) is 17.3 Å². The number of hydrogen-bond acceptors (Lipinski definition) is 3. The Morgan fingerprint density at radius 1 is 1.04 bits per heavy atom. The molecule has 0 N–H and O–H groups in total. The molecule has 7 heteroatoms. The third kappa shape index (κ3) is 4.78. The zero-order valence-corrected chi connectivity index (χ0v) is 16.4. The molecule has 2 aromatic rings. The number of benzene rings is 2. The second kappa shape index (κ2) is 8.56. The van der Waals surface area contributed by atoms with Gasteiger partial charge < -0.3 is 14.4 Å². The lowest BCUT2D eigenvalue weighted by Gasteiger charge is -2.29. The van der Waals surface area contributed by atoms with E-state index in [2.05, 4.69) is 4.90 Å². The SMILES string of the molecule is S=C(c1ccc(OCc2ccc(Cl)cc2Cl)c(Cl)c1)N1CCOCC1. The number of halogens is 3. The monoisotopic (exact) mass is 415 g/mol. The van der Waals surface area contributed by atoms with Gasteiger partial charge in [0, 0.05) is 34.3 Å². The van der Waals surface area contributed by atoms with E-state index in [4.69, 9.17) is 56.5 Å². The zero-order valence-electron chi connectivity index (χ0n) is 13.3. The Balaban J connectivity index is 1.68. The van der Waals surface area contributed by atoms with Crippen LogP contribution in [-0.2, 0) is 11.3 Å². The van der Waals surface area contributed by atoms with E-state index in [1.807, 2.05) is 24.3 Å². The van der Waals surface area contributed by atoms with Crippen LogP contribution < -0.4 is 4.74 Å². The number of nitrogens with zero attached hydrogens (tertiary/aromatic N) is 1. The quantitative estimate of drug-likeness (QED) is 0.636. The van der Waals surface area contributed by atoms with Crippen LogP contribution >= 0.6 is 47.0 Å². The van der Waals surface area contributed by atoms with E-state index >= 15 is 0 Å². The van der Waals surface area contributed by atoms with Crippen molar-refractivity contribution in [3.05, 3.63) is 62.6 Å². The lowest BCUT2D eigenvalue weighted by atomic mass is 10.2. The van der Waals surface area contributed by atoms with Gasteiger partial charge in [-0.1, -0.05) is 53.1 Å². The predicted molar refractivity (Wildman–Crippen MR) is 106 cm³/mol. The molecule has 1 aliphatic heterocycles. The Bertz CT molecular complexity index is 779. The van der Waals surface area contributed by atoms with Crippen molar-refractivity contribution < 1.29 is 9.47 Å². The van der Waals surface area contributed by atoms with Gasteiger partial charge in [0.25, 0.3) is 0 Å². The molecule has 25 heavy (non-hydrogen) atoms. The van der Waals surface area contributed by atoms with Crippen LogP contribution in [0.25, 0.3) is 0 Å². The fraction of sp³-hybridized carbons (Fsp3) is 0.278. The number of ether oxygens (including phenoxy) is 2. The summed E-state index contributed by atoms with van der Waals surface area (Å²) in [4.78, 5) is 2.90. The van der Waals surface area contributed by atoms with E-state index < -0.39 is 0 Å². The van der Waals surface area contributed by atoms with Crippen molar-refractivity contribution in [2.24, 2.45) is 0 Å². The number of hydrogen-bond donors (Lipinski definition) is 0. The van der Waals surface area contributed by atoms with E-state index in [0.29, 0.717) is 40.6 Å². The van der Waals surface area contributed by atoms with Crippen LogP contribution in [-0.4, -0.2) is 36.2 Å². The Labute approximate surface area is 167 Å². The van der Waals surface area contributed by atoms with Crippen LogP contribution in [0, 0.1) is 0 Å². The number of morpholine rings is 1. The summed E-state index contributed by atoms with van der Waals surface area (Å²) < 4.78 is 11.1. The molecule has 3 nitrogen and oxygen atoms in total. The van der Waals surface area contributed by atoms with E-state index in [0.717, 1.165) is 29.2 Å². The van der Waals surface area contributed by atoms with Crippen molar-refractivity contribution >= 4 is 52.0 Å². The fourth-order valence-electron chi connectivity index (χ4n) is 2.49. The molecule has 0 aromatic heterocycles. The van der Waals surface area contributed by atoms with Gasteiger partial charge in [-0.25, -0.2) is 0 Å². The van der Waals surface area contributed by atoms with Crippen molar-refractivity contribution in [2.45, 2.75) is 6.61 Å². The van der Waals surface area contributed by atoms with Gasteiger partial charge in [-0.2, -0.15) is 0 Å². The van der Waals surface area contributed by atoms with Crippen molar-refractivity contribution in [1.29, 1.82) is 0 Å². The van der Waals surface area contributed by atoms with Crippen LogP contribution in [0.1, 0.15) is 11.1 Å². The average molecular weight is 417 g/mol. The standard InChI is InChI=1S/C18H16Cl3NO2S/c19-14-3-1-13(15(20)10-14)11-24-17-4-2-12(9-16(17)21)18(25)22-5-7-23-8-6-22/h1-4,9-10H,5-8,11H2. The first kappa shape index (κ1) is 18.7. The van der Waals surface area contributed by atoms with Gasteiger partial charge in [-0.3, -0.25) is 0 Å². The molecule has 1 aliphatic rings. The highest BCUT2D eigenvalue weighted by atomic mass is 35.5. The van der Waals surface area contributed by atoms with E-state index in [-0.39, 0.29) is 0 Å². The van der Waals surface area contributed by atoms with Crippen molar-refractivity contribution in [3.63, 3.8) is 0 Å². The third-order valence-electron chi connectivity index (χ3n) is 3.88. The molecule has 0 atom stereocenters. The smallest absolute Gasteiger partial charge is 0.138 e. The molecule has 0 aliphatic carbocycles. The summed E-state index contributed by atoms with van der Waals surface area (Å²) >= 11 is 24.0. The van der Waals surface area contributed by atoms with Crippen LogP contribution in [0.3, 0.4) is 0 Å². The molecule has 1 fully saturated rings. The minimum atomic E-state index is 0.309. The van der Waals surface area contributed by atoms with Gasteiger partial charge in [-0.05, 0) is 30.3 Å². The second-order valence-corrected chi connectivity index (χ2v) is 7.21. The maximum atomic E-state index is 6.36. The molecule has 0 bridgehead atoms. The van der Waals surface area contributed by atoms with Crippen molar-refractivity contribution in [1.82, 2.24) is 4.90 Å². The zero-order chi connectivity index (χ0) is 17.8.